The Hall–Kier alpha value is -1.90. The van der Waals surface area contributed by atoms with Gasteiger partial charge in [0.1, 0.15) is 11.2 Å². The summed E-state index contributed by atoms with van der Waals surface area (Å²) in [5.41, 5.74) is 1.87. The molecular weight excluding hydrogens is 506 g/mol. The number of sulfonamides is 1. The number of hydrogen-bond donors (Lipinski definition) is 1. The van der Waals surface area contributed by atoms with E-state index in [9.17, 15) is 8.42 Å². The number of benzene rings is 2. The molecule has 1 aliphatic heterocycles. The Labute approximate surface area is 195 Å². The van der Waals surface area contributed by atoms with Crippen LogP contribution >= 0.6 is 27.5 Å². The third-order valence-corrected chi connectivity index (χ3v) is 7.19. The lowest BCUT2D eigenvalue weighted by molar-refractivity contribution is 0.132. The monoisotopic (exact) mass is 527 g/mol. The summed E-state index contributed by atoms with van der Waals surface area (Å²) in [5.74, 6) is 1.19. The van der Waals surface area contributed by atoms with Crippen molar-refractivity contribution in [2.75, 3.05) is 16.7 Å². The maximum Gasteiger partial charge on any atom is 0.295 e. The number of rotatable bonds is 7. The molecular formula is C22H23BrClNO5S. The van der Waals surface area contributed by atoms with E-state index in [-0.39, 0.29) is 10.7 Å². The molecule has 0 unspecified atom stereocenters. The molecule has 6 nitrogen and oxygen atoms in total. The molecule has 0 spiro atoms. The van der Waals surface area contributed by atoms with Crippen LogP contribution < -0.4 is 14.2 Å². The van der Waals surface area contributed by atoms with Crippen LogP contribution in [0, 0.1) is 6.92 Å². The standard InChI is InChI=1S/C22H23BrClNO5S/c1-13-17-10-15(24)5-6-18(17)29-21(13)31(26,27)25-16-9-14-12-22(2,3)30-20(14)19(11-16)28-8-4-7-23/h5-6,9-11,25H,4,7-8,12H2,1-3H3. The number of hydrogen-bond acceptors (Lipinski definition) is 5. The number of nitrogens with one attached hydrogen (secondary N) is 1. The van der Waals surface area contributed by atoms with E-state index < -0.39 is 10.0 Å². The van der Waals surface area contributed by atoms with Crippen LogP contribution in [-0.4, -0.2) is 26.0 Å². The SMILES string of the molecule is Cc1c(S(=O)(=O)Nc2cc3c(c(OCCCBr)c2)OC(C)(C)C3)oc2ccc(Cl)cc12. The summed E-state index contributed by atoms with van der Waals surface area (Å²) >= 11 is 9.44. The normalized spacial score (nSPS) is 15.0. The molecule has 0 fully saturated rings. The molecule has 9 heteroatoms. The quantitative estimate of drug-likeness (QED) is 0.297. The minimum Gasteiger partial charge on any atom is -0.490 e. The van der Waals surface area contributed by atoms with Gasteiger partial charge in [-0.2, -0.15) is 8.42 Å². The van der Waals surface area contributed by atoms with E-state index in [1.807, 2.05) is 13.8 Å². The lowest BCUT2D eigenvalue weighted by Crippen LogP contribution is -2.24. The molecule has 31 heavy (non-hydrogen) atoms. The minimum atomic E-state index is -3.97. The summed E-state index contributed by atoms with van der Waals surface area (Å²) < 4.78 is 46.6. The fraction of sp³-hybridized carbons (Fsp3) is 0.364. The van der Waals surface area contributed by atoms with Crippen molar-refractivity contribution < 1.29 is 22.3 Å². The topological polar surface area (TPSA) is 77.8 Å². The molecule has 166 valence electrons. The smallest absolute Gasteiger partial charge is 0.295 e. The molecule has 0 aliphatic carbocycles. The number of furan rings is 1. The van der Waals surface area contributed by atoms with Crippen LogP contribution in [0.5, 0.6) is 11.5 Å². The van der Waals surface area contributed by atoms with E-state index in [0.717, 1.165) is 17.3 Å². The van der Waals surface area contributed by atoms with E-state index >= 15 is 0 Å². The average molecular weight is 529 g/mol. The lowest BCUT2D eigenvalue weighted by atomic mass is 10.0. The zero-order valence-electron chi connectivity index (χ0n) is 17.4. The van der Waals surface area contributed by atoms with Crippen LogP contribution in [0.1, 0.15) is 31.4 Å². The van der Waals surface area contributed by atoms with Crippen molar-refractivity contribution >= 4 is 54.2 Å². The van der Waals surface area contributed by atoms with E-state index in [0.29, 0.717) is 51.8 Å². The van der Waals surface area contributed by atoms with Gasteiger partial charge in [-0.3, -0.25) is 4.72 Å². The average Bonchev–Trinajstić information content (AvgIpc) is 3.17. The zero-order chi connectivity index (χ0) is 22.4. The minimum absolute atomic E-state index is 0.136. The Bertz CT molecular complexity index is 1250. The predicted molar refractivity (Wildman–Crippen MR) is 126 cm³/mol. The van der Waals surface area contributed by atoms with Gasteiger partial charge < -0.3 is 13.9 Å². The van der Waals surface area contributed by atoms with Gasteiger partial charge >= 0.3 is 0 Å². The van der Waals surface area contributed by atoms with Crippen LogP contribution in [0.3, 0.4) is 0 Å². The van der Waals surface area contributed by atoms with Gasteiger partial charge in [-0.15, -0.1) is 0 Å². The Kier molecular flexibility index (Phi) is 5.91. The Morgan fingerprint density at radius 3 is 2.77 bits per heavy atom. The van der Waals surface area contributed by atoms with Crippen LogP contribution in [0.2, 0.25) is 5.02 Å². The largest absolute Gasteiger partial charge is 0.490 e. The molecule has 0 atom stereocenters. The van der Waals surface area contributed by atoms with Crippen LogP contribution in [0.4, 0.5) is 5.69 Å². The van der Waals surface area contributed by atoms with Gasteiger partial charge in [0.2, 0.25) is 5.09 Å². The number of anilines is 1. The van der Waals surface area contributed by atoms with Crippen molar-refractivity contribution in [1.29, 1.82) is 0 Å². The zero-order valence-corrected chi connectivity index (χ0v) is 20.6. The molecule has 3 aromatic rings. The van der Waals surface area contributed by atoms with Gasteiger partial charge in [0.25, 0.3) is 10.0 Å². The van der Waals surface area contributed by atoms with Crippen LogP contribution in [0.25, 0.3) is 11.0 Å². The van der Waals surface area contributed by atoms with Crippen molar-refractivity contribution in [3.63, 3.8) is 0 Å². The van der Waals surface area contributed by atoms with Gasteiger partial charge in [0.05, 0.1) is 12.3 Å². The molecule has 2 aromatic carbocycles. The van der Waals surface area contributed by atoms with Gasteiger partial charge in [-0.1, -0.05) is 27.5 Å². The Morgan fingerprint density at radius 1 is 1.26 bits per heavy atom. The highest BCUT2D eigenvalue weighted by Crippen LogP contribution is 2.44. The summed E-state index contributed by atoms with van der Waals surface area (Å²) in [6, 6.07) is 8.46. The number of ether oxygens (including phenoxy) is 2. The molecule has 4 rings (SSSR count). The maximum absolute atomic E-state index is 13.2. The molecule has 0 amide bonds. The fourth-order valence-corrected chi connectivity index (χ4v) is 5.34. The third kappa shape index (κ3) is 4.52. The first-order valence-electron chi connectivity index (χ1n) is 9.86. The van der Waals surface area contributed by atoms with Crippen LogP contribution in [0.15, 0.2) is 39.8 Å². The van der Waals surface area contributed by atoms with Crippen molar-refractivity contribution in [1.82, 2.24) is 0 Å². The molecule has 0 radical (unpaired) electrons. The van der Waals surface area contributed by atoms with Gasteiger partial charge in [0.15, 0.2) is 11.5 Å². The summed E-state index contributed by atoms with van der Waals surface area (Å²) in [5, 5.41) is 1.85. The number of halogens is 2. The second-order valence-electron chi connectivity index (χ2n) is 8.15. The molecule has 1 aromatic heterocycles. The highest BCUT2D eigenvalue weighted by Gasteiger charge is 2.34. The predicted octanol–water partition coefficient (Wildman–Crippen LogP) is 6.07. The van der Waals surface area contributed by atoms with Crippen LogP contribution in [-0.2, 0) is 16.4 Å². The first-order valence-corrected chi connectivity index (χ1v) is 12.8. The van der Waals surface area contributed by atoms with Crippen molar-refractivity contribution in [2.24, 2.45) is 0 Å². The van der Waals surface area contributed by atoms with Crippen molar-refractivity contribution in [3.05, 3.63) is 46.5 Å². The molecule has 1 aliphatic rings. The van der Waals surface area contributed by atoms with Crippen molar-refractivity contribution in [3.8, 4) is 11.5 Å². The highest BCUT2D eigenvalue weighted by molar-refractivity contribution is 9.09. The Balaban J connectivity index is 1.70. The van der Waals surface area contributed by atoms with E-state index in [1.54, 1.807) is 37.3 Å². The molecule has 1 N–H and O–H groups in total. The summed E-state index contributed by atoms with van der Waals surface area (Å²) in [7, 11) is -3.97. The Morgan fingerprint density at radius 2 is 2.03 bits per heavy atom. The van der Waals surface area contributed by atoms with Crippen molar-refractivity contribution in [2.45, 2.75) is 44.3 Å². The van der Waals surface area contributed by atoms with E-state index in [2.05, 4.69) is 20.7 Å². The third-order valence-electron chi connectivity index (χ3n) is 5.01. The number of aryl methyl sites for hydroxylation is 1. The second kappa shape index (κ2) is 8.22. The first-order chi connectivity index (χ1) is 14.6. The van der Waals surface area contributed by atoms with E-state index in [1.165, 1.54) is 0 Å². The highest BCUT2D eigenvalue weighted by atomic mass is 79.9. The maximum atomic E-state index is 13.2. The van der Waals surface area contributed by atoms with Gasteiger partial charge in [-0.05, 0) is 51.5 Å². The summed E-state index contributed by atoms with van der Waals surface area (Å²) in [6.07, 6.45) is 1.46. The number of fused-ring (bicyclic) bond motifs is 2. The van der Waals surface area contributed by atoms with Gasteiger partial charge in [-0.25, -0.2) is 0 Å². The molecule has 0 saturated heterocycles. The summed E-state index contributed by atoms with van der Waals surface area (Å²) in [4.78, 5) is 0. The second-order valence-corrected chi connectivity index (χ2v) is 11.0. The number of alkyl halides is 1. The fourth-order valence-electron chi connectivity index (χ4n) is 3.71. The summed E-state index contributed by atoms with van der Waals surface area (Å²) in [6.45, 7) is 6.16. The molecule has 0 saturated carbocycles. The molecule has 2 heterocycles. The molecule has 0 bridgehead atoms. The van der Waals surface area contributed by atoms with E-state index in [4.69, 9.17) is 25.5 Å². The first kappa shape index (κ1) is 22.3. The van der Waals surface area contributed by atoms with Gasteiger partial charge in [0, 0.05) is 39.4 Å². The lowest BCUT2D eigenvalue weighted by Gasteiger charge is -2.18.